The van der Waals surface area contributed by atoms with Crippen molar-refractivity contribution in [2.75, 3.05) is 5.32 Å². The number of nitrogens with zero attached hydrogens (tertiary/aromatic N) is 4. The summed E-state index contributed by atoms with van der Waals surface area (Å²) in [6.45, 7) is -0.962. The number of ether oxygens (including phenoxy) is 1. The summed E-state index contributed by atoms with van der Waals surface area (Å²) in [6, 6.07) is 8.95. The van der Waals surface area contributed by atoms with E-state index in [9.17, 15) is 8.78 Å². The molecule has 1 atom stereocenters. The minimum Gasteiger partial charge on any atom is -0.435 e. The number of benzene rings is 1. The van der Waals surface area contributed by atoms with Crippen LogP contribution in [0.4, 0.5) is 14.6 Å². The molecule has 25 heavy (non-hydrogen) atoms. The van der Waals surface area contributed by atoms with Crippen molar-refractivity contribution in [2.24, 2.45) is 0 Å². The fourth-order valence-corrected chi connectivity index (χ4v) is 3.27. The summed E-state index contributed by atoms with van der Waals surface area (Å²) < 4.78 is 31.0. The molecule has 4 rings (SSSR count). The molecule has 1 aromatic carbocycles. The average Bonchev–Trinajstić information content (AvgIpc) is 2.95. The number of rotatable bonds is 4. The van der Waals surface area contributed by atoms with E-state index >= 15 is 0 Å². The Bertz CT molecular complexity index is 911. The monoisotopic (exact) mass is 345 g/mol. The van der Waals surface area contributed by atoms with Crippen molar-refractivity contribution < 1.29 is 13.5 Å². The second-order valence-electron chi connectivity index (χ2n) is 6.06. The Morgan fingerprint density at radius 3 is 2.96 bits per heavy atom. The maximum atomic E-state index is 12.4. The van der Waals surface area contributed by atoms with Crippen molar-refractivity contribution in [3.8, 4) is 5.75 Å². The second-order valence-corrected chi connectivity index (χ2v) is 6.06. The van der Waals surface area contributed by atoms with Gasteiger partial charge in [0.05, 0.1) is 6.04 Å². The number of hydrogen-bond acceptors (Lipinski definition) is 5. The Hall–Kier alpha value is -2.77. The van der Waals surface area contributed by atoms with Crippen molar-refractivity contribution in [3.05, 3.63) is 47.3 Å². The van der Waals surface area contributed by atoms with Gasteiger partial charge in [-0.3, -0.25) is 0 Å². The molecule has 1 aliphatic rings. The van der Waals surface area contributed by atoms with Crippen molar-refractivity contribution in [1.82, 2.24) is 19.8 Å². The van der Waals surface area contributed by atoms with Gasteiger partial charge >= 0.3 is 6.61 Å². The Morgan fingerprint density at radius 1 is 1.24 bits per heavy atom. The third-order valence-electron chi connectivity index (χ3n) is 4.39. The van der Waals surface area contributed by atoms with Gasteiger partial charge in [-0.2, -0.15) is 13.3 Å². The van der Waals surface area contributed by atoms with E-state index in [0.717, 1.165) is 42.0 Å². The first-order chi connectivity index (χ1) is 12.1. The number of halogens is 2. The largest absolute Gasteiger partial charge is 0.435 e. The Balaban J connectivity index is 1.60. The molecule has 0 bridgehead atoms. The van der Waals surface area contributed by atoms with Gasteiger partial charge < -0.3 is 10.1 Å². The number of aryl methyl sites for hydroxylation is 2. The number of fused-ring (bicyclic) bond motifs is 2. The van der Waals surface area contributed by atoms with Crippen LogP contribution < -0.4 is 10.1 Å². The molecule has 8 heteroatoms. The first-order valence-electron chi connectivity index (χ1n) is 8.13. The third kappa shape index (κ3) is 3.11. The van der Waals surface area contributed by atoms with Gasteiger partial charge in [-0.1, -0.05) is 6.07 Å². The van der Waals surface area contributed by atoms with Crippen LogP contribution in [0, 0.1) is 6.92 Å². The number of alkyl halides is 2. The molecule has 3 aromatic rings. The highest BCUT2D eigenvalue weighted by atomic mass is 19.3. The van der Waals surface area contributed by atoms with E-state index in [2.05, 4.69) is 25.3 Å². The predicted octanol–water partition coefficient (Wildman–Crippen LogP) is 3.52. The van der Waals surface area contributed by atoms with Gasteiger partial charge in [-0.05, 0) is 61.6 Å². The summed E-state index contributed by atoms with van der Waals surface area (Å²) in [4.78, 5) is 0. The molecule has 1 N–H and O–H groups in total. The standard InChI is InChI=1S/C17H17F2N5O/c1-10-21-22-16-8-7-15(23-24(10)16)20-14-4-2-3-11-9-12(25-17(18)19)5-6-13(11)14/h5-9,14,17H,2-4H2,1H3,(H,20,23)/t14-/m1/s1. The molecule has 1 aliphatic carbocycles. The molecule has 0 fully saturated rings. The molecule has 2 heterocycles. The maximum Gasteiger partial charge on any atom is 0.387 e. The molecular weight excluding hydrogens is 328 g/mol. The van der Waals surface area contributed by atoms with Crippen LogP contribution in [0.3, 0.4) is 0 Å². The van der Waals surface area contributed by atoms with Crippen molar-refractivity contribution in [1.29, 1.82) is 0 Å². The molecule has 0 aliphatic heterocycles. The molecule has 2 aromatic heterocycles. The number of aromatic nitrogens is 4. The Morgan fingerprint density at radius 2 is 2.12 bits per heavy atom. The smallest absolute Gasteiger partial charge is 0.387 e. The fraction of sp³-hybridized carbons (Fsp3) is 0.353. The van der Waals surface area contributed by atoms with Gasteiger partial charge in [0, 0.05) is 0 Å². The van der Waals surface area contributed by atoms with Crippen molar-refractivity contribution in [3.63, 3.8) is 0 Å². The molecule has 0 spiro atoms. The summed E-state index contributed by atoms with van der Waals surface area (Å²) in [5.41, 5.74) is 2.82. The van der Waals surface area contributed by atoms with Gasteiger partial charge in [-0.15, -0.1) is 15.3 Å². The molecule has 0 saturated heterocycles. The highest BCUT2D eigenvalue weighted by Gasteiger charge is 2.21. The third-order valence-corrected chi connectivity index (χ3v) is 4.39. The molecule has 130 valence electrons. The first kappa shape index (κ1) is 15.7. The topological polar surface area (TPSA) is 64.3 Å². The zero-order valence-electron chi connectivity index (χ0n) is 13.6. The fourth-order valence-electron chi connectivity index (χ4n) is 3.27. The molecular formula is C17H17F2N5O. The van der Waals surface area contributed by atoms with Gasteiger partial charge in [0.2, 0.25) is 0 Å². The molecule has 0 saturated carbocycles. The van der Waals surface area contributed by atoms with Crippen LogP contribution in [0.15, 0.2) is 30.3 Å². The SMILES string of the molecule is Cc1nnc2ccc(N[C@@H]3CCCc4cc(OC(F)F)ccc43)nn12. The molecule has 0 amide bonds. The summed E-state index contributed by atoms with van der Waals surface area (Å²) in [7, 11) is 0. The summed E-state index contributed by atoms with van der Waals surface area (Å²) in [6.07, 6.45) is 2.77. The van der Waals surface area contributed by atoms with E-state index < -0.39 is 6.61 Å². The highest BCUT2D eigenvalue weighted by molar-refractivity contribution is 5.47. The zero-order valence-corrected chi connectivity index (χ0v) is 13.6. The first-order valence-corrected chi connectivity index (χ1v) is 8.13. The molecule has 0 radical (unpaired) electrons. The number of hydrogen-bond donors (Lipinski definition) is 1. The molecule has 6 nitrogen and oxygen atoms in total. The normalized spacial score (nSPS) is 16.9. The van der Waals surface area contributed by atoms with Crippen LogP contribution in [-0.2, 0) is 6.42 Å². The van der Waals surface area contributed by atoms with Crippen LogP contribution >= 0.6 is 0 Å². The average molecular weight is 345 g/mol. The van der Waals surface area contributed by atoms with E-state index in [1.165, 1.54) is 0 Å². The lowest BCUT2D eigenvalue weighted by Crippen LogP contribution is -2.18. The van der Waals surface area contributed by atoms with Gasteiger partial charge in [0.1, 0.15) is 11.6 Å². The van der Waals surface area contributed by atoms with Gasteiger partial charge in [0.15, 0.2) is 11.5 Å². The van der Waals surface area contributed by atoms with Crippen molar-refractivity contribution >= 4 is 11.5 Å². The van der Waals surface area contributed by atoms with Crippen LogP contribution in [0.5, 0.6) is 5.75 Å². The lowest BCUT2D eigenvalue weighted by molar-refractivity contribution is -0.0499. The lowest BCUT2D eigenvalue weighted by Gasteiger charge is -2.27. The van der Waals surface area contributed by atoms with Crippen LogP contribution in [0.2, 0.25) is 0 Å². The zero-order chi connectivity index (χ0) is 17.4. The predicted molar refractivity (Wildman–Crippen MR) is 87.9 cm³/mol. The van der Waals surface area contributed by atoms with Crippen LogP contribution in [0.25, 0.3) is 5.65 Å². The Labute approximate surface area is 142 Å². The van der Waals surface area contributed by atoms with Crippen LogP contribution in [0.1, 0.15) is 35.8 Å². The minimum absolute atomic E-state index is 0.0751. The highest BCUT2D eigenvalue weighted by Crippen LogP contribution is 2.34. The second kappa shape index (κ2) is 6.27. The maximum absolute atomic E-state index is 12.4. The lowest BCUT2D eigenvalue weighted by atomic mass is 9.87. The van der Waals surface area contributed by atoms with E-state index in [1.807, 2.05) is 25.1 Å². The summed E-state index contributed by atoms with van der Waals surface area (Å²) in [5, 5.41) is 16.0. The van der Waals surface area contributed by atoms with Gasteiger partial charge in [-0.25, -0.2) is 0 Å². The quantitative estimate of drug-likeness (QED) is 0.784. The van der Waals surface area contributed by atoms with E-state index in [-0.39, 0.29) is 11.8 Å². The van der Waals surface area contributed by atoms with E-state index in [0.29, 0.717) is 5.65 Å². The van der Waals surface area contributed by atoms with Crippen molar-refractivity contribution in [2.45, 2.75) is 38.8 Å². The number of nitrogens with one attached hydrogen (secondary N) is 1. The Kier molecular flexibility index (Phi) is 3.95. The number of anilines is 1. The van der Waals surface area contributed by atoms with E-state index in [4.69, 9.17) is 0 Å². The van der Waals surface area contributed by atoms with E-state index in [1.54, 1.807) is 16.6 Å². The molecule has 0 unspecified atom stereocenters. The van der Waals surface area contributed by atoms with Gasteiger partial charge in [0.25, 0.3) is 0 Å². The minimum atomic E-state index is -2.81. The summed E-state index contributed by atoms with van der Waals surface area (Å²) in [5.74, 6) is 1.65. The summed E-state index contributed by atoms with van der Waals surface area (Å²) >= 11 is 0. The van der Waals surface area contributed by atoms with Crippen LogP contribution in [-0.4, -0.2) is 26.4 Å².